The molecule has 0 aromatic rings. The van der Waals surface area contributed by atoms with E-state index in [1.165, 1.54) is 0 Å². The first-order chi connectivity index (χ1) is 11.0. The maximum Gasteiger partial charge on any atom is 0.317 e. The fourth-order valence-electron chi connectivity index (χ4n) is 1.97. The van der Waals surface area contributed by atoms with E-state index in [2.05, 4.69) is 10.6 Å². The molecule has 0 heterocycles. The van der Waals surface area contributed by atoms with E-state index < -0.39 is 11.9 Å². The van der Waals surface area contributed by atoms with Crippen molar-refractivity contribution in [3.05, 3.63) is 0 Å². The molecule has 0 aromatic carbocycles. The first-order valence-corrected chi connectivity index (χ1v) is 7.73. The average Bonchev–Trinajstić information content (AvgIpc) is 2.49. The van der Waals surface area contributed by atoms with Gasteiger partial charge in [0.05, 0.1) is 19.6 Å². The summed E-state index contributed by atoms with van der Waals surface area (Å²) in [6, 6.07) is 0. The number of aliphatic carboxylic acids is 2. The summed E-state index contributed by atoms with van der Waals surface area (Å²) in [7, 11) is 0. The molecule has 0 amide bonds. The number of carboxylic acid groups (broad SMARTS) is 2. The summed E-state index contributed by atoms with van der Waals surface area (Å²) in [4.78, 5) is 35.4. The van der Waals surface area contributed by atoms with Crippen LogP contribution >= 0.6 is 0 Å². The number of carboxylic acids is 2. The first kappa shape index (κ1) is 21.4. The van der Waals surface area contributed by atoms with Gasteiger partial charge in [0.25, 0.3) is 0 Å². The van der Waals surface area contributed by atoms with Gasteiger partial charge < -0.3 is 25.6 Å². The summed E-state index contributed by atoms with van der Waals surface area (Å²) in [5, 5.41) is 23.3. The van der Waals surface area contributed by atoms with Crippen molar-refractivity contribution in [1.82, 2.24) is 20.4 Å². The lowest BCUT2D eigenvalue weighted by atomic mass is 10.4. The topological polar surface area (TPSA) is 122 Å². The average molecular weight is 332 g/mol. The number of nitrogens with one attached hydrogen (secondary N) is 2. The van der Waals surface area contributed by atoms with E-state index >= 15 is 0 Å². The van der Waals surface area contributed by atoms with Gasteiger partial charge in [0.15, 0.2) is 0 Å². The number of likely N-dealkylation sites (N-methyl/N-ethyl adjacent to an activating group) is 1. The number of rotatable bonds is 16. The summed E-state index contributed by atoms with van der Waals surface area (Å²) in [6.07, 6.45) is 0.822. The van der Waals surface area contributed by atoms with Crippen LogP contribution < -0.4 is 10.6 Å². The molecular weight excluding hydrogens is 304 g/mol. The van der Waals surface area contributed by atoms with Crippen molar-refractivity contribution in [2.75, 3.05) is 65.4 Å². The summed E-state index contributed by atoms with van der Waals surface area (Å²) >= 11 is 0. The van der Waals surface area contributed by atoms with E-state index in [-0.39, 0.29) is 13.1 Å². The Morgan fingerprint density at radius 1 is 0.957 bits per heavy atom. The first-order valence-electron chi connectivity index (χ1n) is 7.73. The van der Waals surface area contributed by atoms with Crippen molar-refractivity contribution in [3.8, 4) is 0 Å². The normalized spacial score (nSPS) is 11.1. The van der Waals surface area contributed by atoms with Crippen LogP contribution in [0, 0.1) is 0 Å². The largest absolute Gasteiger partial charge is 0.480 e. The van der Waals surface area contributed by atoms with E-state index in [4.69, 9.17) is 10.2 Å². The van der Waals surface area contributed by atoms with E-state index in [9.17, 15) is 14.4 Å². The quantitative estimate of drug-likeness (QED) is 0.191. The summed E-state index contributed by atoms with van der Waals surface area (Å²) in [5.74, 6) is -1.74. The fraction of sp³-hybridized carbons (Fsp3) is 0.786. The highest BCUT2D eigenvalue weighted by Crippen LogP contribution is 1.87. The molecular formula is C14H28N4O5. The van der Waals surface area contributed by atoms with Crippen molar-refractivity contribution >= 4 is 18.2 Å². The molecule has 0 aliphatic heterocycles. The van der Waals surface area contributed by atoms with Crippen molar-refractivity contribution in [3.63, 3.8) is 0 Å². The number of nitrogens with zero attached hydrogens (tertiary/aromatic N) is 2. The van der Waals surface area contributed by atoms with Gasteiger partial charge in [0.1, 0.15) is 6.29 Å². The van der Waals surface area contributed by atoms with Crippen LogP contribution in [0.25, 0.3) is 0 Å². The second-order valence-corrected chi connectivity index (χ2v) is 5.05. The lowest BCUT2D eigenvalue weighted by Gasteiger charge is -2.21. The third-order valence-electron chi connectivity index (χ3n) is 3.23. The zero-order chi connectivity index (χ0) is 17.5. The molecule has 0 aliphatic rings. The minimum Gasteiger partial charge on any atom is -0.480 e. The van der Waals surface area contributed by atoms with Gasteiger partial charge in [-0.25, -0.2) is 0 Å². The van der Waals surface area contributed by atoms with Crippen LogP contribution in [0.1, 0.15) is 6.92 Å². The van der Waals surface area contributed by atoms with Crippen LogP contribution in [0.15, 0.2) is 0 Å². The lowest BCUT2D eigenvalue weighted by molar-refractivity contribution is -0.138. The van der Waals surface area contributed by atoms with Crippen LogP contribution in [0.4, 0.5) is 0 Å². The van der Waals surface area contributed by atoms with Gasteiger partial charge in [-0.2, -0.15) is 0 Å². The Hall–Kier alpha value is -1.55. The Bertz CT molecular complexity index is 354. The minimum absolute atomic E-state index is 0.0324. The standard InChI is InChI=1S/C14H28N4O5/c1-2-17(12-14(22)23)6-3-15-4-7-18(9-10-19)8-5-16-11-13(20)21/h10,15-16H,2-9,11-12H2,1H3,(H,20,21)(H,22,23). The lowest BCUT2D eigenvalue weighted by Crippen LogP contribution is -2.41. The molecule has 0 fully saturated rings. The molecule has 0 bridgehead atoms. The second kappa shape index (κ2) is 14.1. The van der Waals surface area contributed by atoms with Gasteiger partial charge in [-0.3, -0.25) is 19.4 Å². The highest BCUT2D eigenvalue weighted by Gasteiger charge is 2.07. The minimum atomic E-state index is -0.907. The van der Waals surface area contributed by atoms with Crippen molar-refractivity contribution in [1.29, 1.82) is 0 Å². The molecule has 0 saturated carbocycles. The summed E-state index contributed by atoms with van der Waals surface area (Å²) in [6.45, 7) is 6.60. The van der Waals surface area contributed by atoms with Crippen LogP contribution in [0.3, 0.4) is 0 Å². The van der Waals surface area contributed by atoms with Gasteiger partial charge in [-0.05, 0) is 6.54 Å². The monoisotopic (exact) mass is 332 g/mol. The maximum absolute atomic E-state index is 10.6. The molecule has 0 atom stereocenters. The molecule has 0 unspecified atom stereocenters. The molecule has 0 spiro atoms. The van der Waals surface area contributed by atoms with Crippen LogP contribution in [-0.4, -0.2) is 104 Å². The predicted molar refractivity (Wildman–Crippen MR) is 85.6 cm³/mol. The van der Waals surface area contributed by atoms with Gasteiger partial charge in [-0.15, -0.1) is 0 Å². The Morgan fingerprint density at radius 2 is 1.52 bits per heavy atom. The highest BCUT2D eigenvalue weighted by molar-refractivity contribution is 5.69. The predicted octanol–water partition coefficient (Wildman–Crippen LogP) is -1.84. The molecule has 0 radical (unpaired) electrons. The molecule has 23 heavy (non-hydrogen) atoms. The molecule has 0 rings (SSSR count). The zero-order valence-corrected chi connectivity index (χ0v) is 13.7. The Morgan fingerprint density at radius 3 is 2.00 bits per heavy atom. The SMILES string of the molecule is CCN(CCNCCN(CC=O)CCNCC(=O)O)CC(=O)O. The van der Waals surface area contributed by atoms with E-state index in [1.54, 1.807) is 0 Å². The number of aldehydes is 1. The third kappa shape index (κ3) is 13.8. The van der Waals surface area contributed by atoms with Gasteiger partial charge in [-0.1, -0.05) is 6.92 Å². The number of carbonyl (C=O) groups is 3. The molecule has 0 saturated heterocycles. The Kier molecular flexibility index (Phi) is 13.1. The van der Waals surface area contributed by atoms with E-state index in [0.29, 0.717) is 52.4 Å². The second-order valence-electron chi connectivity index (χ2n) is 5.05. The Labute approximate surface area is 136 Å². The maximum atomic E-state index is 10.6. The van der Waals surface area contributed by atoms with Crippen LogP contribution in [-0.2, 0) is 14.4 Å². The molecule has 9 heteroatoms. The van der Waals surface area contributed by atoms with Crippen LogP contribution in [0.2, 0.25) is 0 Å². The highest BCUT2D eigenvalue weighted by atomic mass is 16.4. The summed E-state index contributed by atoms with van der Waals surface area (Å²) in [5.41, 5.74) is 0. The molecule has 0 aromatic heterocycles. The molecule has 134 valence electrons. The van der Waals surface area contributed by atoms with Crippen molar-refractivity contribution in [2.24, 2.45) is 0 Å². The van der Waals surface area contributed by atoms with Gasteiger partial charge in [0.2, 0.25) is 0 Å². The smallest absolute Gasteiger partial charge is 0.317 e. The number of carbonyl (C=O) groups excluding carboxylic acids is 1. The third-order valence-corrected chi connectivity index (χ3v) is 3.23. The van der Waals surface area contributed by atoms with E-state index in [1.807, 2.05) is 16.7 Å². The Balaban J connectivity index is 3.79. The molecule has 4 N–H and O–H groups in total. The van der Waals surface area contributed by atoms with Gasteiger partial charge >= 0.3 is 11.9 Å². The fourth-order valence-corrected chi connectivity index (χ4v) is 1.97. The zero-order valence-electron chi connectivity index (χ0n) is 13.7. The molecule has 0 aliphatic carbocycles. The van der Waals surface area contributed by atoms with Crippen molar-refractivity contribution < 1.29 is 24.6 Å². The van der Waals surface area contributed by atoms with Crippen LogP contribution in [0.5, 0.6) is 0 Å². The molecule has 9 nitrogen and oxygen atoms in total. The van der Waals surface area contributed by atoms with Crippen molar-refractivity contribution in [2.45, 2.75) is 6.92 Å². The summed E-state index contributed by atoms with van der Waals surface area (Å²) < 4.78 is 0. The number of hydrogen-bond donors (Lipinski definition) is 4. The number of hydrogen-bond acceptors (Lipinski definition) is 7. The van der Waals surface area contributed by atoms with E-state index in [0.717, 1.165) is 6.29 Å². The van der Waals surface area contributed by atoms with Gasteiger partial charge in [0, 0.05) is 39.3 Å².